The number of aryl methyl sites for hydroxylation is 2. The summed E-state index contributed by atoms with van der Waals surface area (Å²) >= 11 is 0. The summed E-state index contributed by atoms with van der Waals surface area (Å²) in [4.78, 5) is 17.0. The Morgan fingerprint density at radius 1 is 1.24 bits per heavy atom. The zero-order valence-electron chi connectivity index (χ0n) is 14.6. The van der Waals surface area contributed by atoms with Gasteiger partial charge in [-0.2, -0.15) is 0 Å². The Hall–Kier alpha value is -2.35. The molecule has 2 N–H and O–H groups in total. The van der Waals surface area contributed by atoms with Crippen molar-refractivity contribution in [2.45, 2.75) is 44.8 Å². The van der Waals surface area contributed by atoms with Gasteiger partial charge in [-0.15, -0.1) is 0 Å². The molecule has 0 saturated carbocycles. The summed E-state index contributed by atoms with van der Waals surface area (Å²) in [6.45, 7) is 6.96. The van der Waals surface area contributed by atoms with Crippen molar-refractivity contribution in [1.82, 2.24) is 24.5 Å². The van der Waals surface area contributed by atoms with Crippen LogP contribution in [0, 0.1) is 6.92 Å². The number of nitrogens with zero attached hydrogens (tertiary/aromatic N) is 5. The Bertz CT molecular complexity index is 906. The Morgan fingerprint density at radius 2 is 1.96 bits per heavy atom. The third kappa shape index (κ3) is 3.53. The van der Waals surface area contributed by atoms with E-state index in [0.29, 0.717) is 23.3 Å². The number of hydrogen-bond acceptors (Lipinski definition) is 6. The number of nitrogen functional groups attached to an aromatic ring is 1. The molecule has 3 aromatic heterocycles. The summed E-state index contributed by atoms with van der Waals surface area (Å²) in [6.07, 6.45) is 5.73. The van der Waals surface area contributed by atoms with Crippen LogP contribution >= 0.6 is 0 Å². The smallest absolute Gasteiger partial charge is 0.218 e. The summed E-state index contributed by atoms with van der Waals surface area (Å²) in [6, 6.07) is 1.71. The molecule has 3 rings (SSSR count). The van der Waals surface area contributed by atoms with Crippen molar-refractivity contribution in [3.05, 3.63) is 36.0 Å². The highest BCUT2D eigenvalue weighted by Gasteiger charge is 2.16. The number of pyridine rings is 1. The molecule has 3 heterocycles. The average Bonchev–Trinajstić information content (AvgIpc) is 3.03. The van der Waals surface area contributed by atoms with E-state index in [-0.39, 0.29) is 5.92 Å². The molecule has 0 amide bonds. The molecule has 7 nitrogen and oxygen atoms in total. The van der Waals surface area contributed by atoms with Gasteiger partial charge in [0.15, 0.2) is 5.82 Å². The minimum atomic E-state index is -1.19. The first-order valence-electron chi connectivity index (χ1n) is 8.25. The molecular formula is C17H22N6OS. The second-order valence-corrected chi connectivity index (χ2v) is 7.70. The summed E-state index contributed by atoms with van der Waals surface area (Å²) in [5.74, 6) is 1.25. The Morgan fingerprint density at radius 3 is 2.64 bits per heavy atom. The predicted octanol–water partition coefficient (Wildman–Crippen LogP) is 2.43. The SMILES string of the molecule is Cc1c(C(C)C)nc(N)c2ncn(CCCS(=O)c3ncccn3)c12. The second-order valence-electron chi connectivity index (χ2n) is 6.23. The Balaban J connectivity index is 1.79. The van der Waals surface area contributed by atoms with Gasteiger partial charge < -0.3 is 10.3 Å². The molecule has 0 radical (unpaired) electrons. The molecule has 0 saturated heterocycles. The van der Waals surface area contributed by atoms with Gasteiger partial charge in [0.25, 0.3) is 0 Å². The summed E-state index contributed by atoms with van der Waals surface area (Å²) in [5, 5.41) is 0.379. The fourth-order valence-corrected chi connectivity index (χ4v) is 3.87. The molecule has 0 aliphatic heterocycles. The third-order valence-corrected chi connectivity index (χ3v) is 5.36. The molecule has 0 bridgehead atoms. The van der Waals surface area contributed by atoms with E-state index in [1.54, 1.807) is 24.8 Å². The second kappa shape index (κ2) is 7.26. The van der Waals surface area contributed by atoms with Gasteiger partial charge in [0.1, 0.15) is 5.52 Å². The van der Waals surface area contributed by atoms with Crippen LogP contribution < -0.4 is 5.73 Å². The lowest BCUT2D eigenvalue weighted by atomic mass is 10.0. The number of fused-ring (bicyclic) bond motifs is 1. The van der Waals surface area contributed by atoms with Crippen molar-refractivity contribution in [1.29, 1.82) is 0 Å². The van der Waals surface area contributed by atoms with Gasteiger partial charge in [-0.05, 0) is 30.9 Å². The topological polar surface area (TPSA) is 99.6 Å². The molecule has 0 fully saturated rings. The van der Waals surface area contributed by atoms with E-state index in [2.05, 4.69) is 45.3 Å². The Kier molecular flexibility index (Phi) is 5.08. The zero-order chi connectivity index (χ0) is 18.0. The number of nitrogens with two attached hydrogens (primary N) is 1. The standard InChI is InChI=1S/C17H22N6OS/c1-11(2)13-12(3)15-14(16(18)22-13)21-10-23(15)8-5-9-25(24)17-19-6-4-7-20-17/h4,6-7,10-11H,5,8-9H2,1-3H3,(H2,18,22). The Labute approximate surface area is 149 Å². The quantitative estimate of drug-likeness (QED) is 0.679. The average molecular weight is 358 g/mol. The number of hydrogen-bond donors (Lipinski definition) is 1. The van der Waals surface area contributed by atoms with Gasteiger partial charge in [0.2, 0.25) is 5.16 Å². The minimum Gasteiger partial charge on any atom is -0.382 e. The van der Waals surface area contributed by atoms with Gasteiger partial charge >= 0.3 is 0 Å². The van der Waals surface area contributed by atoms with Crippen molar-refractivity contribution in [2.75, 3.05) is 11.5 Å². The van der Waals surface area contributed by atoms with Crippen molar-refractivity contribution in [3.63, 3.8) is 0 Å². The van der Waals surface area contributed by atoms with E-state index in [1.165, 1.54) is 0 Å². The van der Waals surface area contributed by atoms with Gasteiger partial charge in [-0.25, -0.2) is 19.9 Å². The molecule has 1 unspecified atom stereocenters. The maximum absolute atomic E-state index is 12.2. The number of rotatable bonds is 6. The zero-order valence-corrected chi connectivity index (χ0v) is 15.5. The van der Waals surface area contributed by atoms with E-state index in [9.17, 15) is 4.21 Å². The van der Waals surface area contributed by atoms with Crippen LogP contribution in [0.5, 0.6) is 0 Å². The number of aromatic nitrogens is 5. The van der Waals surface area contributed by atoms with Crippen LogP contribution in [0.1, 0.15) is 37.4 Å². The highest BCUT2D eigenvalue weighted by molar-refractivity contribution is 7.84. The molecule has 132 valence electrons. The normalized spacial score (nSPS) is 12.8. The lowest BCUT2D eigenvalue weighted by Gasteiger charge is -2.13. The van der Waals surface area contributed by atoms with Crippen molar-refractivity contribution >= 4 is 27.7 Å². The van der Waals surface area contributed by atoms with Crippen LogP contribution in [0.2, 0.25) is 0 Å². The molecule has 3 aromatic rings. The van der Waals surface area contributed by atoms with Crippen molar-refractivity contribution in [3.8, 4) is 0 Å². The van der Waals surface area contributed by atoms with Crippen LogP contribution in [0.3, 0.4) is 0 Å². The van der Waals surface area contributed by atoms with Gasteiger partial charge in [-0.1, -0.05) is 13.8 Å². The monoisotopic (exact) mass is 358 g/mol. The molecular weight excluding hydrogens is 336 g/mol. The van der Waals surface area contributed by atoms with Gasteiger partial charge in [0.05, 0.1) is 28.3 Å². The van der Waals surface area contributed by atoms with Crippen LogP contribution in [-0.4, -0.2) is 34.5 Å². The van der Waals surface area contributed by atoms with Crippen LogP contribution in [0.15, 0.2) is 29.9 Å². The van der Waals surface area contributed by atoms with E-state index in [0.717, 1.165) is 28.7 Å². The predicted molar refractivity (Wildman–Crippen MR) is 98.7 cm³/mol. The van der Waals surface area contributed by atoms with E-state index in [1.807, 2.05) is 0 Å². The molecule has 25 heavy (non-hydrogen) atoms. The van der Waals surface area contributed by atoms with E-state index < -0.39 is 10.8 Å². The fraction of sp³-hybridized carbons (Fsp3) is 0.412. The molecule has 0 aliphatic carbocycles. The van der Waals surface area contributed by atoms with Gasteiger partial charge in [0, 0.05) is 24.7 Å². The maximum Gasteiger partial charge on any atom is 0.218 e. The third-order valence-electron chi connectivity index (χ3n) is 4.08. The highest BCUT2D eigenvalue weighted by Crippen LogP contribution is 2.28. The van der Waals surface area contributed by atoms with Crippen LogP contribution in [0.4, 0.5) is 5.82 Å². The maximum atomic E-state index is 12.2. The fourth-order valence-electron chi connectivity index (χ4n) is 2.94. The summed E-state index contributed by atoms with van der Waals surface area (Å²) in [7, 11) is -1.19. The minimum absolute atomic E-state index is 0.290. The molecule has 0 spiro atoms. The lowest BCUT2D eigenvalue weighted by molar-refractivity contribution is 0.658. The highest BCUT2D eigenvalue weighted by atomic mass is 32.2. The molecule has 8 heteroatoms. The first kappa shape index (κ1) is 17.5. The van der Waals surface area contributed by atoms with Crippen LogP contribution in [-0.2, 0) is 17.3 Å². The van der Waals surface area contributed by atoms with E-state index in [4.69, 9.17) is 5.73 Å². The summed E-state index contributed by atoms with van der Waals surface area (Å²) < 4.78 is 14.3. The lowest BCUT2D eigenvalue weighted by Crippen LogP contribution is -2.08. The molecule has 1 atom stereocenters. The molecule has 0 aliphatic rings. The number of anilines is 1. The summed E-state index contributed by atoms with van der Waals surface area (Å²) in [5.41, 5.74) is 9.92. The van der Waals surface area contributed by atoms with E-state index >= 15 is 0 Å². The molecule has 0 aromatic carbocycles. The first-order valence-corrected chi connectivity index (χ1v) is 9.57. The van der Waals surface area contributed by atoms with Crippen molar-refractivity contribution < 1.29 is 4.21 Å². The van der Waals surface area contributed by atoms with Crippen molar-refractivity contribution in [2.24, 2.45) is 0 Å². The number of imidazole rings is 1. The first-order chi connectivity index (χ1) is 12.0. The largest absolute Gasteiger partial charge is 0.382 e. The van der Waals surface area contributed by atoms with Crippen LogP contribution in [0.25, 0.3) is 11.0 Å². The van der Waals surface area contributed by atoms with Gasteiger partial charge in [-0.3, -0.25) is 4.21 Å².